The molecule has 1 atom stereocenters. The number of rotatable bonds is 1. The highest BCUT2D eigenvalue weighted by atomic mass is 79.9. The largest absolute Gasteiger partial charge is 0.368 e. The summed E-state index contributed by atoms with van der Waals surface area (Å²) in [5.74, 6) is 0. The lowest BCUT2D eigenvalue weighted by molar-refractivity contribution is 0.286. The molecule has 14 heavy (non-hydrogen) atoms. The molecule has 1 saturated heterocycles. The van der Waals surface area contributed by atoms with Gasteiger partial charge in [0, 0.05) is 17.6 Å². The molecular weight excluding hydrogens is 245 g/mol. The van der Waals surface area contributed by atoms with Gasteiger partial charge in [0.05, 0.1) is 5.69 Å². The summed E-state index contributed by atoms with van der Waals surface area (Å²) in [6.07, 6.45) is 0.986. The lowest BCUT2D eigenvalue weighted by Gasteiger charge is -2.31. The fourth-order valence-corrected chi connectivity index (χ4v) is 2.39. The normalized spacial score (nSPS) is 22.4. The smallest absolute Gasteiger partial charge is 0.118 e. The standard InChI is InChI=1S/C11H13BrFN/c12-10-5-1-2-6-11(10)14-7-3-4-9(13)8-14/h1-2,5-6,9H,3-4,7-8H2. The van der Waals surface area contributed by atoms with Crippen molar-refractivity contribution in [1.29, 1.82) is 0 Å². The Morgan fingerprint density at radius 3 is 2.86 bits per heavy atom. The quantitative estimate of drug-likeness (QED) is 0.746. The molecule has 0 amide bonds. The van der Waals surface area contributed by atoms with Gasteiger partial charge in [0.2, 0.25) is 0 Å². The SMILES string of the molecule is FC1CCCN(c2ccccc2Br)C1. The summed E-state index contributed by atoms with van der Waals surface area (Å²) in [5.41, 5.74) is 1.11. The molecule has 1 fully saturated rings. The molecule has 0 N–H and O–H groups in total. The van der Waals surface area contributed by atoms with Crippen LogP contribution in [0, 0.1) is 0 Å². The van der Waals surface area contributed by atoms with Crippen LogP contribution in [0.1, 0.15) is 12.8 Å². The average Bonchev–Trinajstić information content (AvgIpc) is 2.18. The van der Waals surface area contributed by atoms with Crippen molar-refractivity contribution in [1.82, 2.24) is 0 Å². The number of piperidine rings is 1. The molecule has 1 aliphatic rings. The van der Waals surface area contributed by atoms with Gasteiger partial charge in [-0.15, -0.1) is 0 Å². The molecule has 0 aromatic heterocycles. The van der Waals surface area contributed by atoms with Gasteiger partial charge in [0.1, 0.15) is 6.17 Å². The van der Waals surface area contributed by atoms with Crippen LogP contribution in [0.5, 0.6) is 0 Å². The molecule has 0 aliphatic carbocycles. The van der Waals surface area contributed by atoms with Gasteiger partial charge in [0.15, 0.2) is 0 Å². The van der Waals surface area contributed by atoms with Crippen LogP contribution < -0.4 is 4.90 Å². The Kier molecular flexibility index (Phi) is 3.06. The van der Waals surface area contributed by atoms with E-state index >= 15 is 0 Å². The van der Waals surface area contributed by atoms with Crippen LogP contribution in [0.2, 0.25) is 0 Å². The zero-order valence-corrected chi connectivity index (χ0v) is 9.50. The summed E-state index contributed by atoms with van der Waals surface area (Å²) in [6, 6.07) is 7.99. The summed E-state index contributed by atoms with van der Waals surface area (Å²) in [4.78, 5) is 2.11. The van der Waals surface area contributed by atoms with Crippen molar-refractivity contribution in [2.45, 2.75) is 19.0 Å². The second-order valence-corrected chi connectivity index (χ2v) is 4.49. The molecular formula is C11H13BrFN. The second kappa shape index (κ2) is 4.30. The topological polar surface area (TPSA) is 3.24 Å². The van der Waals surface area contributed by atoms with Crippen molar-refractivity contribution >= 4 is 21.6 Å². The van der Waals surface area contributed by atoms with Crippen LogP contribution in [0.4, 0.5) is 10.1 Å². The Morgan fingerprint density at radius 2 is 2.14 bits per heavy atom. The zero-order chi connectivity index (χ0) is 9.97. The van der Waals surface area contributed by atoms with Crippen molar-refractivity contribution in [3.63, 3.8) is 0 Å². The van der Waals surface area contributed by atoms with E-state index in [1.165, 1.54) is 0 Å². The van der Waals surface area contributed by atoms with Gasteiger partial charge in [0.25, 0.3) is 0 Å². The Balaban J connectivity index is 2.18. The van der Waals surface area contributed by atoms with Gasteiger partial charge in [-0.25, -0.2) is 4.39 Å². The van der Waals surface area contributed by atoms with E-state index in [4.69, 9.17) is 0 Å². The molecule has 1 unspecified atom stereocenters. The fraction of sp³-hybridized carbons (Fsp3) is 0.455. The van der Waals surface area contributed by atoms with E-state index in [1.54, 1.807) is 0 Å². The minimum atomic E-state index is -0.671. The molecule has 0 spiro atoms. The number of nitrogens with zero attached hydrogens (tertiary/aromatic N) is 1. The van der Waals surface area contributed by atoms with Crippen LogP contribution in [0.3, 0.4) is 0 Å². The van der Waals surface area contributed by atoms with Crippen molar-refractivity contribution in [2.75, 3.05) is 18.0 Å². The van der Waals surface area contributed by atoms with Gasteiger partial charge in [-0.05, 0) is 40.9 Å². The van der Waals surface area contributed by atoms with E-state index in [2.05, 4.69) is 20.8 Å². The molecule has 1 nitrogen and oxygen atoms in total. The van der Waals surface area contributed by atoms with Crippen molar-refractivity contribution in [3.05, 3.63) is 28.7 Å². The molecule has 2 rings (SSSR count). The first kappa shape index (κ1) is 9.97. The molecule has 76 valence electrons. The molecule has 1 heterocycles. The lowest BCUT2D eigenvalue weighted by atomic mass is 10.1. The van der Waals surface area contributed by atoms with E-state index in [1.807, 2.05) is 24.3 Å². The highest BCUT2D eigenvalue weighted by Gasteiger charge is 2.20. The van der Waals surface area contributed by atoms with Gasteiger partial charge < -0.3 is 4.90 Å². The maximum absolute atomic E-state index is 13.2. The maximum atomic E-state index is 13.2. The summed E-state index contributed by atoms with van der Waals surface area (Å²) < 4.78 is 14.2. The third kappa shape index (κ3) is 2.08. The number of benzene rings is 1. The van der Waals surface area contributed by atoms with Crippen LogP contribution >= 0.6 is 15.9 Å². The fourth-order valence-electron chi connectivity index (χ4n) is 1.85. The predicted octanol–water partition coefficient (Wildman–Crippen LogP) is 3.39. The van der Waals surface area contributed by atoms with Gasteiger partial charge in [-0.3, -0.25) is 0 Å². The highest BCUT2D eigenvalue weighted by molar-refractivity contribution is 9.10. The van der Waals surface area contributed by atoms with Crippen LogP contribution in [-0.4, -0.2) is 19.3 Å². The average molecular weight is 258 g/mol. The third-order valence-electron chi connectivity index (χ3n) is 2.56. The van der Waals surface area contributed by atoms with Gasteiger partial charge in [-0.2, -0.15) is 0 Å². The number of alkyl halides is 1. The van der Waals surface area contributed by atoms with Crippen LogP contribution in [0.25, 0.3) is 0 Å². The van der Waals surface area contributed by atoms with Crippen molar-refractivity contribution in [2.24, 2.45) is 0 Å². The third-order valence-corrected chi connectivity index (χ3v) is 3.23. The number of para-hydroxylation sites is 1. The summed E-state index contributed by atoms with van der Waals surface area (Å²) in [5, 5.41) is 0. The first-order valence-electron chi connectivity index (χ1n) is 4.91. The van der Waals surface area contributed by atoms with E-state index in [-0.39, 0.29) is 0 Å². The monoisotopic (exact) mass is 257 g/mol. The first-order valence-corrected chi connectivity index (χ1v) is 5.70. The summed E-state index contributed by atoms with van der Waals surface area (Å²) in [6.45, 7) is 1.49. The minimum Gasteiger partial charge on any atom is -0.368 e. The molecule has 3 heteroatoms. The summed E-state index contributed by atoms with van der Waals surface area (Å²) in [7, 11) is 0. The van der Waals surface area contributed by atoms with E-state index in [9.17, 15) is 4.39 Å². The maximum Gasteiger partial charge on any atom is 0.118 e. The highest BCUT2D eigenvalue weighted by Crippen LogP contribution is 2.28. The van der Waals surface area contributed by atoms with Crippen LogP contribution in [-0.2, 0) is 0 Å². The Hall–Kier alpha value is -0.570. The van der Waals surface area contributed by atoms with Gasteiger partial charge >= 0.3 is 0 Å². The zero-order valence-electron chi connectivity index (χ0n) is 7.92. The van der Waals surface area contributed by atoms with Crippen molar-refractivity contribution in [3.8, 4) is 0 Å². The minimum absolute atomic E-state index is 0.530. The number of anilines is 1. The first-order chi connectivity index (χ1) is 6.77. The Labute approximate surface area is 92.0 Å². The second-order valence-electron chi connectivity index (χ2n) is 3.64. The van der Waals surface area contributed by atoms with Crippen LogP contribution in [0.15, 0.2) is 28.7 Å². The lowest BCUT2D eigenvalue weighted by Crippen LogP contribution is -2.36. The van der Waals surface area contributed by atoms with E-state index < -0.39 is 6.17 Å². The predicted molar refractivity (Wildman–Crippen MR) is 60.5 cm³/mol. The molecule has 1 aromatic carbocycles. The van der Waals surface area contributed by atoms with Crippen molar-refractivity contribution < 1.29 is 4.39 Å². The molecule has 1 aliphatic heterocycles. The molecule has 1 aromatic rings. The molecule has 0 radical (unpaired) electrons. The summed E-state index contributed by atoms with van der Waals surface area (Å²) >= 11 is 3.49. The van der Waals surface area contributed by atoms with E-state index in [0.717, 1.165) is 23.1 Å². The molecule has 0 bridgehead atoms. The van der Waals surface area contributed by atoms with E-state index in [0.29, 0.717) is 13.0 Å². The Morgan fingerprint density at radius 1 is 1.36 bits per heavy atom. The number of hydrogen-bond donors (Lipinski definition) is 0. The van der Waals surface area contributed by atoms with Gasteiger partial charge in [-0.1, -0.05) is 12.1 Å². The molecule has 0 saturated carbocycles. The number of halogens is 2. The Bertz CT molecular complexity index is 316. The number of hydrogen-bond acceptors (Lipinski definition) is 1.